The van der Waals surface area contributed by atoms with Crippen molar-refractivity contribution in [2.75, 3.05) is 24.4 Å². The van der Waals surface area contributed by atoms with Crippen LogP contribution in [0.25, 0.3) is 0 Å². The maximum atomic E-state index is 14.6. The second-order valence-electron chi connectivity index (χ2n) is 11.0. The number of aliphatic hydroxyl groups is 1. The average Bonchev–Trinajstić information content (AvgIpc) is 3.37. The number of methoxy groups -OCH3 is 2. The van der Waals surface area contributed by atoms with E-state index in [4.69, 9.17) is 9.47 Å². The van der Waals surface area contributed by atoms with E-state index in [1.165, 1.54) is 50.6 Å². The summed E-state index contributed by atoms with van der Waals surface area (Å²) >= 11 is 0. The van der Waals surface area contributed by atoms with Gasteiger partial charge in [0, 0.05) is 0 Å². The van der Waals surface area contributed by atoms with E-state index in [1.807, 2.05) is 0 Å². The molecule has 1 heterocycles. The first-order chi connectivity index (χ1) is 23.3. The smallest absolute Gasteiger partial charge is 0.337 e. The molecule has 5 rings (SSSR count). The number of hydrogen-bond donors (Lipinski definition) is 8. The van der Waals surface area contributed by atoms with Crippen LogP contribution in [0.15, 0.2) is 72.8 Å². The molecule has 4 aromatic carbocycles. The average molecular weight is 675 g/mol. The highest BCUT2D eigenvalue weighted by Gasteiger charge is 2.56. The van der Waals surface area contributed by atoms with Crippen LogP contribution < -0.4 is 19.7 Å². The molecule has 4 aromatic rings. The third-order valence-electron chi connectivity index (χ3n) is 8.22. The van der Waals surface area contributed by atoms with Gasteiger partial charge >= 0.3 is 11.9 Å². The van der Waals surface area contributed by atoms with Crippen LogP contribution in [0.1, 0.15) is 44.0 Å². The molecule has 15 heteroatoms. The van der Waals surface area contributed by atoms with E-state index >= 15 is 0 Å². The lowest BCUT2D eigenvalue weighted by Gasteiger charge is -2.30. The van der Waals surface area contributed by atoms with E-state index in [-0.39, 0.29) is 45.5 Å². The van der Waals surface area contributed by atoms with E-state index < -0.39 is 70.4 Å². The van der Waals surface area contributed by atoms with Crippen molar-refractivity contribution in [1.29, 1.82) is 0 Å². The lowest BCUT2D eigenvalue weighted by molar-refractivity contribution is -0.130. The first kappa shape index (κ1) is 33.9. The Morgan fingerprint density at radius 1 is 0.755 bits per heavy atom. The van der Waals surface area contributed by atoms with Crippen LogP contribution in [0.2, 0.25) is 0 Å². The zero-order valence-corrected chi connectivity index (χ0v) is 25.8. The molecule has 49 heavy (non-hydrogen) atoms. The van der Waals surface area contributed by atoms with Gasteiger partial charge < -0.3 is 55.4 Å². The number of phenols is 4. The van der Waals surface area contributed by atoms with Crippen molar-refractivity contribution >= 4 is 35.1 Å². The Balaban J connectivity index is 1.78. The number of phenolic OH excluding ortho intramolecular Hbond substituents is 4. The molecule has 0 spiro atoms. The van der Waals surface area contributed by atoms with Gasteiger partial charge in [-0.2, -0.15) is 0 Å². The molecule has 2 amide bonds. The summed E-state index contributed by atoms with van der Waals surface area (Å²) in [6, 6.07) is 12.5. The second-order valence-corrected chi connectivity index (χ2v) is 11.0. The molecular formula is C34H30N2O13. The molecule has 1 fully saturated rings. The number of carboxylic acid groups (broad SMARTS) is 2. The van der Waals surface area contributed by atoms with Gasteiger partial charge in [-0.3, -0.25) is 9.59 Å². The van der Waals surface area contributed by atoms with Crippen molar-refractivity contribution in [3.63, 3.8) is 0 Å². The lowest BCUT2D eigenvalue weighted by atomic mass is 9.80. The van der Waals surface area contributed by atoms with E-state index in [9.17, 15) is 54.9 Å². The third kappa shape index (κ3) is 6.29. The summed E-state index contributed by atoms with van der Waals surface area (Å²) in [7, 11) is 2.51. The van der Waals surface area contributed by atoms with Crippen LogP contribution in [0.3, 0.4) is 0 Å². The van der Waals surface area contributed by atoms with Gasteiger partial charge in [0.1, 0.15) is 11.5 Å². The highest BCUT2D eigenvalue weighted by molar-refractivity contribution is 6.10. The zero-order chi connectivity index (χ0) is 35.7. The molecule has 0 aromatic heterocycles. The van der Waals surface area contributed by atoms with Gasteiger partial charge in [-0.1, -0.05) is 12.1 Å². The number of carbonyl (C=O) groups is 4. The molecule has 0 saturated carbocycles. The molecule has 0 bridgehead atoms. The Labute approximate surface area is 277 Å². The Bertz CT molecular complexity index is 1980. The van der Waals surface area contributed by atoms with Gasteiger partial charge in [-0.05, 0) is 71.8 Å². The number of carbonyl (C=O) groups excluding carboxylic acids is 2. The summed E-state index contributed by atoms with van der Waals surface area (Å²) in [5.41, 5.74) is -1.40. The molecule has 1 unspecified atom stereocenters. The summed E-state index contributed by atoms with van der Waals surface area (Å²) < 4.78 is 10.4. The largest absolute Gasteiger partial charge is 0.508 e. The number of amides is 2. The maximum Gasteiger partial charge on any atom is 0.337 e. The topological polar surface area (TPSA) is 244 Å². The van der Waals surface area contributed by atoms with Crippen molar-refractivity contribution < 1.29 is 64.4 Å². The summed E-state index contributed by atoms with van der Waals surface area (Å²) in [6.45, 7) is 0. The van der Waals surface area contributed by atoms with Gasteiger partial charge in [-0.25, -0.2) is 9.59 Å². The SMILES string of the molecule is COc1cc(C(O)[C@H]2C(=O)N(c3ccc(O)cc3C(=O)O)[C@@H](c3ccc(O)c(OC)c3)[C@@H]2C(=O)Nc2ccc(O)cc2C(=O)O)ccc1O. The standard InChI is InChI=1S/C34H30N2O13/c1-48-25-11-15(3-9-23(25)39)29-27(31(42)35-21-7-5-17(37)13-19(21)33(44)45)28(30(41)16-4-10-24(40)26(12-16)49-2)32(43)36(29)22-8-6-18(38)14-20(22)34(46)47/h3-14,27-30,37-41H,1-2H3,(H,35,42)(H,44,45)(H,46,47)/t27-,28+,29+,30?/m1/s1. The van der Waals surface area contributed by atoms with Crippen molar-refractivity contribution in [2.24, 2.45) is 11.8 Å². The Morgan fingerprint density at radius 3 is 1.94 bits per heavy atom. The van der Waals surface area contributed by atoms with Crippen molar-refractivity contribution in [2.45, 2.75) is 12.1 Å². The number of nitrogens with one attached hydrogen (secondary N) is 1. The van der Waals surface area contributed by atoms with Gasteiger partial charge in [0.25, 0.3) is 0 Å². The maximum absolute atomic E-state index is 14.6. The minimum absolute atomic E-state index is 0.0229. The molecule has 0 radical (unpaired) electrons. The van der Waals surface area contributed by atoms with Crippen LogP contribution in [0.5, 0.6) is 34.5 Å². The van der Waals surface area contributed by atoms with Gasteiger partial charge in [0.15, 0.2) is 23.0 Å². The van der Waals surface area contributed by atoms with E-state index in [0.717, 1.165) is 41.3 Å². The number of ether oxygens (including phenoxy) is 2. The molecular weight excluding hydrogens is 644 g/mol. The minimum atomic E-state index is -1.81. The molecule has 254 valence electrons. The second kappa shape index (κ2) is 13.3. The van der Waals surface area contributed by atoms with Crippen LogP contribution >= 0.6 is 0 Å². The third-order valence-corrected chi connectivity index (χ3v) is 8.22. The molecule has 15 nitrogen and oxygen atoms in total. The number of hydrogen-bond acceptors (Lipinski definition) is 11. The van der Waals surface area contributed by atoms with Crippen LogP contribution in [-0.4, -0.2) is 73.7 Å². The summed E-state index contributed by atoms with van der Waals surface area (Å²) in [5.74, 6) is -9.91. The molecule has 4 atom stereocenters. The van der Waals surface area contributed by atoms with E-state index in [0.29, 0.717) is 0 Å². The Morgan fingerprint density at radius 2 is 1.33 bits per heavy atom. The first-order valence-electron chi connectivity index (χ1n) is 14.5. The van der Waals surface area contributed by atoms with Crippen LogP contribution in [-0.2, 0) is 9.59 Å². The number of aliphatic hydroxyl groups excluding tert-OH is 1. The summed E-state index contributed by atoms with van der Waals surface area (Å²) in [4.78, 5) is 54.5. The highest BCUT2D eigenvalue weighted by atomic mass is 16.5. The number of anilines is 2. The van der Waals surface area contributed by atoms with Crippen LogP contribution in [0, 0.1) is 11.8 Å². The Kier molecular flexibility index (Phi) is 9.21. The van der Waals surface area contributed by atoms with Crippen molar-refractivity contribution in [1.82, 2.24) is 0 Å². The van der Waals surface area contributed by atoms with Gasteiger partial charge in [0.05, 0.1) is 60.7 Å². The summed E-state index contributed by atoms with van der Waals surface area (Å²) in [6.07, 6.45) is -1.81. The fourth-order valence-electron chi connectivity index (χ4n) is 5.97. The quantitative estimate of drug-likeness (QED) is 0.112. The molecule has 1 aliphatic heterocycles. The fourth-order valence-corrected chi connectivity index (χ4v) is 5.97. The number of carboxylic acids is 2. The number of rotatable bonds is 10. The number of benzene rings is 4. The predicted octanol–water partition coefficient (Wildman–Crippen LogP) is 3.62. The van der Waals surface area contributed by atoms with Gasteiger partial charge in [-0.15, -0.1) is 0 Å². The van der Waals surface area contributed by atoms with Gasteiger partial charge in [0.2, 0.25) is 11.8 Å². The molecule has 0 aliphatic carbocycles. The monoisotopic (exact) mass is 674 g/mol. The van der Waals surface area contributed by atoms with E-state index in [2.05, 4.69) is 5.32 Å². The minimum Gasteiger partial charge on any atom is -0.508 e. The van der Waals surface area contributed by atoms with Crippen LogP contribution in [0.4, 0.5) is 11.4 Å². The fraction of sp³-hybridized carbons (Fsp3) is 0.176. The number of nitrogens with zero attached hydrogens (tertiary/aromatic N) is 1. The first-order valence-corrected chi connectivity index (χ1v) is 14.5. The Hall–Kier alpha value is -6.48. The zero-order valence-electron chi connectivity index (χ0n) is 25.8. The normalized spacial score (nSPS) is 17.7. The predicted molar refractivity (Wildman–Crippen MR) is 170 cm³/mol. The highest BCUT2D eigenvalue weighted by Crippen LogP contribution is 2.51. The number of aromatic carboxylic acids is 2. The van der Waals surface area contributed by atoms with Crippen molar-refractivity contribution in [3.8, 4) is 34.5 Å². The molecule has 1 aliphatic rings. The molecule has 8 N–H and O–H groups in total. The molecule has 1 saturated heterocycles. The van der Waals surface area contributed by atoms with E-state index in [1.54, 1.807) is 0 Å². The lowest BCUT2D eigenvalue weighted by Crippen LogP contribution is -2.35. The number of aromatic hydroxyl groups is 4. The van der Waals surface area contributed by atoms with Crippen molar-refractivity contribution in [3.05, 3.63) is 95.1 Å². The summed E-state index contributed by atoms with van der Waals surface area (Å²) in [5, 5.41) is 74.7.